The van der Waals surface area contributed by atoms with Crippen LogP contribution in [-0.2, 0) is 10.8 Å². The molecule has 2 aromatic carbocycles. The van der Waals surface area contributed by atoms with Crippen LogP contribution in [0.15, 0.2) is 24.3 Å². The average molecular weight is 429 g/mol. The largest absolute Gasteiger partial charge is 0.508 e. The summed E-state index contributed by atoms with van der Waals surface area (Å²) in [6.45, 7) is 0. The maximum atomic E-state index is 11.7. The van der Waals surface area contributed by atoms with E-state index in [1.807, 2.05) is 6.07 Å². The van der Waals surface area contributed by atoms with Gasteiger partial charge < -0.3 is 10.2 Å². The fourth-order valence-electron chi connectivity index (χ4n) is 11.1. The fraction of sp³-hybridized carbons (Fsp3) is 0.667. The van der Waals surface area contributed by atoms with Crippen LogP contribution >= 0.6 is 0 Å². The van der Waals surface area contributed by atoms with E-state index in [0.717, 1.165) is 51.8 Å². The Hall–Kier alpha value is -1.70. The molecule has 0 radical (unpaired) electrons. The van der Waals surface area contributed by atoms with Crippen LogP contribution in [0.2, 0.25) is 0 Å². The molecule has 8 aliphatic carbocycles. The van der Waals surface area contributed by atoms with Crippen LogP contribution in [0.4, 0.5) is 0 Å². The van der Waals surface area contributed by atoms with Gasteiger partial charge in [0.2, 0.25) is 0 Å². The molecule has 2 heteroatoms. The standard InChI is InChI=1S/C30H36O2/c31-27-9-23-1-2-25(29-11-17-3-18(12-29)5-19(4-17)13-29)28(32)24(23)10-26(27)30-14-20-6-21(15-30)8-22(7-20)16-30/h1-2,9-10,17-22,31-32H,3-8,11-16H2. The summed E-state index contributed by atoms with van der Waals surface area (Å²) in [4.78, 5) is 0. The number of phenols is 2. The van der Waals surface area contributed by atoms with Crippen molar-refractivity contribution in [2.24, 2.45) is 35.5 Å². The summed E-state index contributed by atoms with van der Waals surface area (Å²) in [6.07, 6.45) is 16.1. The quantitative estimate of drug-likeness (QED) is 0.531. The maximum Gasteiger partial charge on any atom is 0.127 e. The van der Waals surface area contributed by atoms with Gasteiger partial charge in [-0.1, -0.05) is 12.1 Å². The number of rotatable bonds is 2. The highest BCUT2D eigenvalue weighted by Gasteiger charge is 2.54. The SMILES string of the molecule is Oc1cc2ccc(C34CC5CC(CC(C5)C3)C4)c(O)c2cc1C12CC3CC(CC(C3)C1)C2. The van der Waals surface area contributed by atoms with Crippen molar-refractivity contribution in [2.45, 2.75) is 87.9 Å². The number of hydrogen-bond acceptors (Lipinski definition) is 2. The predicted molar refractivity (Wildman–Crippen MR) is 127 cm³/mol. The first-order valence-corrected chi connectivity index (χ1v) is 13.5. The van der Waals surface area contributed by atoms with E-state index in [9.17, 15) is 10.2 Å². The Labute approximate surface area is 191 Å². The van der Waals surface area contributed by atoms with Crippen molar-refractivity contribution >= 4 is 10.8 Å². The van der Waals surface area contributed by atoms with E-state index in [2.05, 4.69) is 18.2 Å². The minimum Gasteiger partial charge on any atom is -0.508 e. The van der Waals surface area contributed by atoms with E-state index in [1.54, 1.807) is 0 Å². The Balaban J connectivity index is 1.27. The van der Waals surface area contributed by atoms with Crippen LogP contribution in [0.1, 0.15) is 88.2 Å². The van der Waals surface area contributed by atoms with Crippen molar-refractivity contribution in [1.82, 2.24) is 0 Å². The number of hydrogen-bond donors (Lipinski definition) is 2. The van der Waals surface area contributed by atoms with Gasteiger partial charge >= 0.3 is 0 Å². The van der Waals surface area contributed by atoms with Crippen LogP contribution in [0.25, 0.3) is 10.8 Å². The molecule has 8 saturated carbocycles. The van der Waals surface area contributed by atoms with Crippen molar-refractivity contribution in [2.75, 3.05) is 0 Å². The highest BCUT2D eigenvalue weighted by atomic mass is 16.3. The van der Waals surface area contributed by atoms with Crippen molar-refractivity contribution in [3.63, 3.8) is 0 Å². The number of benzene rings is 2. The van der Waals surface area contributed by atoms with Gasteiger partial charge in [-0.05, 0) is 141 Å². The Kier molecular flexibility index (Phi) is 3.53. The van der Waals surface area contributed by atoms with Gasteiger partial charge in [0, 0.05) is 16.5 Å². The zero-order valence-corrected chi connectivity index (χ0v) is 19.2. The summed E-state index contributed by atoms with van der Waals surface area (Å²) in [5.74, 6) is 6.18. The smallest absolute Gasteiger partial charge is 0.127 e. The summed E-state index contributed by atoms with van der Waals surface area (Å²) >= 11 is 0. The van der Waals surface area contributed by atoms with E-state index in [1.165, 1.54) is 82.6 Å². The molecule has 168 valence electrons. The minimum absolute atomic E-state index is 0.149. The second kappa shape index (κ2) is 6.05. The molecule has 8 bridgehead atoms. The van der Waals surface area contributed by atoms with E-state index in [4.69, 9.17) is 0 Å². The van der Waals surface area contributed by atoms with Crippen LogP contribution < -0.4 is 0 Å². The summed E-state index contributed by atoms with van der Waals surface area (Å²) in [5.41, 5.74) is 2.73. The molecule has 8 fully saturated rings. The molecule has 0 atom stereocenters. The van der Waals surface area contributed by atoms with Crippen molar-refractivity contribution in [1.29, 1.82) is 0 Å². The molecule has 32 heavy (non-hydrogen) atoms. The van der Waals surface area contributed by atoms with Gasteiger partial charge in [-0.2, -0.15) is 0 Å². The van der Waals surface area contributed by atoms with E-state index >= 15 is 0 Å². The molecular weight excluding hydrogens is 392 g/mol. The lowest BCUT2D eigenvalue weighted by Gasteiger charge is -2.57. The minimum atomic E-state index is 0.149. The van der Waals surface area contributed by atoms with E-state index in [0.29, 0.717) is 11.5 Å². The summed E-state index contributed by atoms with van der Waals surface area (Å²) in [5, 5.41) is 24.9. The van der Waals surface area contributed by atoms with Gasteiger partial charge in [0.1, 0.15) is 11.5 Å². The molecule has 2 aromatic rings. The van der Waals surface area contributed by atoms with Crippen LogP contribution in [0, 0.1) is 35.5 Å². The number of fused-ring (bicyclic) bond motifs is 1. The molecule has 0 saturated heterocycles. The van der Waals surface area contributed by atoms with Gasteiger partial charge in [-0.15, -0.1) is 0 Å². The zero-order chi connectivity index (χ0) is 21.2. The van der Waals surface area contributed by atoms with Crippen LogP contribution in [-0.4, -0.2) is 10.2 Å². The molecule has 8 aliphatic rings. The topological polar surface area (TPSA) is 40.5 Å². The molecule has 0 heterocycles. The van der Waals surface area contributed by atoms with E-state index in [-0.39, 0.29) is 10.8 Å². The maximum absolute atomic E-state index is 11.7. The third-order valence-electron chi connectivity index (χ3n) is 11.3. The molecular formula is C30H36O2. The molecule has 0 unspecified atom stereocenters. The molecule has 0 aromatic heterocycles. The highest BCUT2D eigenvalue weighted by Crippen LogP contribution is 2.64. The molecule has 10 rings (SSSR count). The van der Waals surface area contributed by atoms with Gasteiger partial charge in [0.15, 0.2) is 0 Å². The Bertz CT molecular complexity index is 1060. The van der Waals surface area contributed by atoms with Crippen LogP contribution in [0.3, 0.4) is 0 Å². The van der Waals surface area contributed by atoms with Gasteiger partial charge in [0.25, 0.3) is 0 Å². The Morgan fingerprint density at radius 3 is 1.47 bits per heavy atom. The first-order valence-electron chi connectivity index (χ1n) is 13.5. The highest BCUT2D eigenvalue weighted by molar-refractivity contribution is 5.92. The molecule has 2 nitrogen and oxygen atoms in total. The van der Waals surface area contributed by atoms with Crippen molar-refractivity contribution in [3.8, 4) is 11.5 Å². The summed E-state index contributed by atoms with van der Waals surface area (Å²) in [7, 11) is 0. The summed E-state index contributed by atoms with van der Waals surface area (Å²) in [6, 6.07) is 8.60. The third kappa shape index (κ3) is 2.42. The normalized spacial score (nSPS) is 45.8. The number of phenolic OH excluding ortho intramolecular Hbond substituents is 2. The van der Waals surface area contributed by atoms with Crippen molar-refractivity contribution < 1.29 is 10.2 Å². The average Bonchev–Trinajstić information content (AvgIpc) is 2.71. The Morgan fingerprint density at radius 1 is 0.562 bits per heavy atom. The third-order valence-corrected chi connectivity index (χ3v) is 11.3. The Morgan fingerprint density at radius 2 is 1.00 bits per heavy atom. The lowest BCUT2D eigenvalue weighted by atomic mass is 9.47. The fourth-order valence-corrected chi connectivity index (χ4v) is 11.1. The second-order valence-electron chi connectivity index (χ2n) is 13.4. The zero-order valence-electron chi connectivity index (χ0n) is 19.2. The monoisotopic (exact) mass is 428 g/mol. The lowest BCUT2D eigenvalue weighted by molar-refractivity contribution is -0.00615. The van der Waals surface area contributed by atoms with E-state index < -0.39 is 0 Å². The van der Waals surface area contributed by atoms with Gasteiger partial charge in [-0.3, -0.25) is 0 Å². The predicted octanol–water partition coefficient (Wildman–Crippen LogP) is 7.19. The molecule has 0 spiro atoms. The number of aromatic hydroxyl groups is 2. The summed E-state index contributed by atoms with van der Waals surface area (Å²) < 4.78 is 0. The second-order valence-corrected chi connectivity index (χ2v) is 13.4. The first-order chi connectivity index (χ1) is 15.5. The van der Waals surface area contributed by atoms with Crippen molar-refractivity contribution in [3.05, 3.63) is 35.4 Å². The molecule has 0 amide bonds. The first kappa shape index (κ1) is 18.7. The molecule has 2 N–H and O–H groups in total. The van der Waals surface area contributed by atoms with Gasteiger partial charge in [0.05, 0.1) is 0 Å². The van der Waals surface area contributed by atoms with Crippen LogP contribution in [0.5, 0.6) is 11.5 Å². The molecule has 0 aliphatic heterocycles. The van der Waals surface area contributed by atoms with Gasteiger partial charge in [-0.25, -0.2) is 0 Å². The lowest BCUT2D eigenvalue weighted by Crippen LogP contribution is -2.48.